The number of hydrogen-bond donors (Lipinski definition) is 2. The topological polar surface area (TPSA) is 126 Å². The maximum absolute atomic E-state index is 13.4. The molecule has 192 valence electrons. The van der Waals surface area contributed by atoms with E-state index >= 15 is 0 Å². The zero-order valence-corrected chi connectivity index (χ0v) is 21.0. The van der Waals surface area contributed by atoms with E-state index in [1.54, 1.807) is 41.4 Å². The van der Waals surface area contributed by atoms with Crippen LogP contribution in [0.3, 0.4) is 0 Å². The molecule has 0 spiro atoms. The summed E-state index contributed by atoms with van der Waals surface area (Å²) in [5, 5.41) is 8.02. The Balaban J connectivity index is 1.21. The second-order valence-corrected chi connectivity index (χ2v) is 9.54. The van der Waals surface area contributed by atoms with Crippen molar-refractivity contribution in [2.24, 2.45) is 0 Å². The molecule has 1 aliphatic rings. The highest BCUT2D eigenvalue weighted by Gasteiger charge is 2.24. The molecule has 1 aliphatic heterocycles. The van der Waals surface area contributed by atoms with Gasteiger partial charge in [0.05, 0.1) is 47.0 Å². The first-order valence-corrected chi connectivity index (χ1v) is 12.5. The van der Waals surface area contributed by atoms with Crippen molar-refractivity contribution in [3.05, 3.63) is 96.4 Å². The number of imidazole rings is 1. The van der Waals surface area contributed by atoms with Gasteiger partial charge in [0.15, 0.2) is 0 Å². The third-order valence-electron chi connectivity index (χ3n) is 6.98. The number of aryl methyl sites for hydroxylation is 1. The van der Waals surface area contributed by atoms with Crippen LogP contribution in [-0.4, -0.2) is 57.4 Å². The van der Waals surface area contributed by atoms with Crippen molar-refractivity contribution in [1.82, 2.24) is 39.0 Å². The zero-order chi connectivity index (χ0) is 26.5. The molecule has 0 radical (unpaired) electrons. The van der Waals surface area contributed by atoms with Crippen molar-refractivity contribution in [1.29, 1.82) is 0 Å². The second-order valence-electron chi connectivity index (χ2n) is 9.54. The molecule has 0 aliphatic carbocycles. The number of H-pyrrole nitrogens is 1. The fraction of sp³-hybridized carbons (Fsp3) is 0.143. The number of carbonyl (C=O) groups excluding carboxylic acids is 2. The number of rotatable bonds is 4. The lowest BCUT2D eigenvalue weighted by Gasteiger charge is -2.27. The van der Waals surface area contributed by atoms with Crippen LogP contribution >= 0.6 is 0 Å². The molecule has 6 aromatic heterocycles. The Morgan fingerprint density at radius 1 is 1.10 bits per heavy atom. The van der Waals surface area contributed by atoms with Crippen molar-refractivity contribution >= 4 is 34.1 Å². The van der Waals surface area contributed by atoms with Crippen LogP contribution in [0.15, 0.2) is 73.7 Å². The van der Waals surface area contributed by atoms with Crippen LogP contribution in [0.4, 0.5) is 5.69 Å². The maximum atomic E-state index is 13.4. The van der Waals surface area contributed by atoms with Gasteiger partial charge in [0.25, 0.3) is 11.8 Å². The maximum Gasteiger partial charge on any atom is 0.259 e. The Bertz CT molecular complexity index is 1880. The van der Waals surface area contributed by atoms with Crippen LogP contribution in [0.1, 0.15) is 32.2 Å². The van der Waals surface area contributed by atoms with Crippen LogP contribution in [-0.2, 0) is 13.1 Å². The molecule has 7 heterocycles. The predicted molar refractivity (Wildman–Crippen MR) is 144 cm³/mol. The highest BCUT2D eigenvalue weighted by Crippen LogP contribution is 2.30. The van der Waals surface area contributed by atoms with Gasteiger partial charge in [-0.15, -0.1) is 0 Å². The number of carbonyl (C=O) groups is 2. The van der Waals surface area contributed by atoms with Crippen molar-refractivity contribution in [2.45, 2.75) is 20.0 Å². The average Bonchev–Trinajstić information content (AvgIpc) is 3.67. The molecule has 39 heavy (non-hydrogen) atoms. The van der Waals surface area contributed by atoms with E-state index in [0.29, 0.717) is 41.1 Å². The SMILES string of the molecule is Cc1cn2c(n1)CN(C(=O)c1cnc3[nH]cc(-c4ccn5ncc(C(=O)Nc6cccnc6)c5c4)c3c1)CC2. The molecular formula is C28H23N9O2. The van der Waals surface area contributed by atoms with Gasteiger partial charge in [-0.05, 0) is 42.8 Å². The van der Waals surface area contributed by atoms with E-state index < -0.39 is 0 Å². The molecule has 7 rings (SSSR count). The molecule has 0 fully saturated rings. The standard InChI is InChI=1S/C28H23N9O2/c1-17-15-35-7-8-36(16-25(35)33-17)28(39)19-9-21-22(13-31-26(21)30-11-19)18-4-6-37-24(10-18)23(14-32-37)27(38)34-20-3-2-5-29-12-20/h2-6,9-15H,7-8,16H2,1H3,(H,30,31)(H,34,38). The number of hydrogen-bond acceptors (Lipinski definition) is 6. The first-order chi connectivity index (χ1) is 19.0. The Hall–Kier alpha value is -5.32. The van der Waals surface area contributed by atoms with E-state index in [0.717, 1.165) is 34.6 Å². The van der Waals surface area contributed by atoms with Gasteiger partial charge in [-0.2, -0.15) is 5.10 Å². The van der Waals surface area contributed by atoms with Crippen molar-refractivity contribution in [3.8, 4) is 11.1 Å². The van der Waals surface area contributed by atoms with E-state index in [-0.39, 0.29) is 11.8 Å². The highest BCUT2D eigenvalue weighted by atomic mass is 16.2. The monoisotopic (exact) mass is 517 g/mol. The van der Waals surface area contributed by atoms with E-state index in [1.807, 2.05) is 48.6 Å². The quantitative estimate of drug-likeness (QED) is 0.367. The third kappa shape index (κ3) is 4.00. The fourth-order valence-electron chi connectivity index (χ4n) is 5.07. The van der Waals surface area contributed by atoms with Crippen molar-refractivity contribution < 1.29 is 9.59 Å². The van der Waals surface area contributed by atoms with E-state index in [2.05, 4.69) is 34.9 Å². The van der Waals surface area contributed by atoms with Crippen LogP contribution < -0.4 is 5.32 Å². The molecule has 0 aromatic carbocycles. The second kappa shape index (κ2) is 8.91. The Labute approximate surface area is 222 Å². The van der Waals surface area contributed by atoms with Crippen LogP contribution in [0.2, 0.25) is 0 Å². The largest absolute Gasteiger partial charge is 0.346 e. The smallest absolute Gasteiger partial charge is 0.259 e. The summed E-state index contributed by atoms with van der Waals surface area (Å²) in [7, 11) is 0. The minimum Gasteiger partial charge on any atom is -0.346 e. The molecule has 0 saturated heterocycles. The molecule has 0 atom stereocenters. The summed E-state index contributed by atoms with van der Waals surface area (Å²) in [6.45, 7) is 3.75. The summed E-state index contributed by atoms with van der Waals surface area (Å²) in [4.78, 5) is 44.5. The Morgan fingerprint density at radius 2 is 2.03 bits per heavy atom. The molecule has 11 heteroatoms. The molecule has 11 nitrogen and oxygen atoms in total. The first-order valence-electron chi connectivity index (χ1n) is 12.5. The van der Waals surface area contributed by atoms with Crippen LogP contribution in [0.5, 0.6) is 0 Å². The lowest BCUT2D eigenvalue weighted by Crippen LogP contribution is -2.38. The lowest BCUT2D eigenvalue weighted by atomic mass is 10.0. The number of nitrogens with zero attached hydrogens (tertiary/aromatic N) is 7. The molecule has 2 amide bonds. The fourth-order valence-corrected chi connectivity index (χ4v) is 5.07. The van der Waals surface area contributed by atoms with Crippen LogP contribution in [0.25, 0.3) is 27.7 Å². The number of amides is 2. The Morgan fingerprint density at radius 3 is 2.90 bits per heavy atom. The molecule has 2 N–H and O–H groups in total. The minimum absolute atomic E-state index is 0.0796. The number of aromatic amines is 1. The van der Waals surface area contributed by atoms with Gasteiger partial charge in [0.2, 0.25) is 0 Å². The summed E-state index contributed by atoms with van der Waals surface area (Å²) >= 11 is 0. The summed E-state index contributed by atoms with van der Waals surface area (Å²) in [5.74, 6) is 0.533. The summed E-state index contributed by atoms with van der Waals surface area (Å²) in [6.07, 6.45) is 12.1. The lowest BCUT2D eigenvalue weighted by molar-refractivity contribution is 0.0707. The first kappa shape index (κ1) is 22.8. The normalized spacial score (nSPS) is 13.1. The Kier molecular flexibility index (Phi) is 5.22. The molecule has 0 unspecified atom stereocenters. The molecule has 0 saturated carbocycles. The van der Waals surface area contributed by atoms with Gasteiger partial charge in [-0.3, -0.25) is 14.6 Å². The molecular weight excluding hydrogens is 494 g/mol. The number of aromatic nitrogens is 7. The van der Waals surface area contributed by atoms with Gasteiger partial charge >= 0.3 is 0 Å². The minimum atomic E-state index is -0.277. The molecule has 0 bridgehead atoms. The van der Waals surface area contributed by atoms with Crippen LogP contribution in [0, 0.1) is 6.92 Å². The van der Waals surface area contributed by atoms with Gasteiger partial charge in [0.1, 0.15) is 11.5 Å². The number of pyridine rings is 3. The average molecular weight is 518 g/mol. The van der Waals surface area contributed by atoms with Gasteiger partial charge < -0.3 is 19.8 Å². The summed E-state index contributed by atoms with van der Waals surface area (Å²) in [5.41, 5.74) is 5.58. The highest BCUT2D eigenvalue weighted by molar-refractivity contribution is 6.09. The van der Waals surface area contributed by atoms with Gasteiger partial charge in [-0.1, -0.05) is 0 Å². The summed E-state index contributed by atoms with van der Waals surface area (Å²) < 4.78 is 3.76. The predicted octanol–water partition coefficient (Wildman–Crippen LogP) is 3.69. The number of anilines is 1. The number of nitrogens with one attached hydrogen (secondary N) is 2. The van der Waals surface area contributed by atoms with Crippen molar-refractivity contribution in [3.63, 3.8) is 0 Å². The number of fused-ring (bicyclic) bond motifs is 3. The molecule has 6 aromatic rings. The summed E-state index contributed by atoms with van der Waals surface area (Å²) in [6, 6.07) is 9.24. The van der Waals surface area contributed by atoms with E-state index in [4.69, 9.17) is 0 Å². The van der Waals surface area contributed by atoms with Gasteiger partial charge in [0, 0.05) is 55.0 Å². The zero-order valence-electron chi connectivity index (χ0n) is 21.0. The van der Waals surface area contributed by atoms with Gasteiger partial charge in [-0.25, -0.2) is 14.5 Å². The van der Waals surface area contributed by atoms with E-state index in [1.165, 1.54) is 0 Å². The van der Waals surface area contributed by atoms with Crippen molar-refractivity contribution in [2.75, 3.05) is 11.9 Å². The van der Waals surface area contributed by atoms with E-state index in [9.17, 15) is 9.59 Å². The third-order valence-corrected chi connectivity index (χ3v) is 6.98.